The molecule has 0 saturated carbocycles. The molecule has 0 bridgehead atoms. The third-order valence-electron chi connectivity index (χ3n) is 7.27. The summed E-state index contributed by atoms with van der Waals surface area (Å²) < 4.78 is 0. The first-order chi connectivity index (χ1) is 15.8. The van der Waals surface area contributed by atoms with E-state index < -0.39 is 0 Å². The van der Waals surface area contributed by atoms with Gasteiger partial charge in [0.2, 0.25) is 0 Å². The molecule has 0 heteroatoms. The van der Waals surface area contributed by atoms with Crippen LogP contribution in [0.4, 0.5) is 0 Å². The SMILES string of the molecule is C=C(CCCCCCCCCCCCCCC)CCCCCCCCCCCCCCC. The molecule has 0 aliphatic rings. The van der Waals surface area contributed by atoms with E-state index in [0.29, 0.717) is 0 Å². The van der Waals surface area contributed by atoms with Crippen molar-refractivity contribution in [2.24, 2.45) is 0 Å². The number of hydrogen-bond acceptors (Lipinski definition) is 0. The lowest BCUT2D eigenvalue weighted by Crippen LogP contribution is -1.87. The summed E-state index contributed by atoms with van der Waals surface area (Å²) in [5.41, 5.74) is 1.52. The Labute approximate surface area is 205 Å². The molecule has 0 amide bonds. The maximum Gasteiger partial charge on any atom is -0.0323 e. The minimum Gasteiger partial charge on any atom is -0.0999 e. The molecule has 0 radical (unpaired) electrons. The monoisotopic (exact) mass is 449 g/mol. The summed E-state index contributed by atoms with van der Waals surface area (Å²) in [4.78, 5) is 0. The van der Waals surface area contributed by atoms with Crippen LogP contribution in [0.2, 0.25) is 0 Å². The fourth-order valence-electron chi connectivity index (χ4n) is 4.91. The summed E-state index contributed by atoms with van der Waals surface area (Å²) in [6, 6.07) is 0. The predicted octanol–water partition coefficient (Wildman–Crippen LogP) is 12.5. The summed E-state index contributed by atoms with van der Waals surface area (Å²) >= 11 is 0. The van der Waals surface area contributed by atoms with Gasteiger partial charge in [0.1, 0.15) is 0 Å². The van der Waals surface area contributed by atoms with Crippen molar-refractivity contribution in [2.45, 2.75) is 194 Å². The summed E-state index contributed by atoms with van der Waals surface area (Å²) in [6.45, 7) is 8.95. The van der Waals surface area contributed by atoms with Gasteiger partial charge in [-0.25, -0.2) is 0 Å². The summed E-state index contributed by atoms with van der Waals surface area (Å²) in [7, 11) is 0. The molecule has 0 aromatic heterocycles. The van der Waals surface area contributed by atoms with E-state index in [0.717, 1.165) is 0 Å². The van der Waals surface area contributed by atoms with Crippen molar-refractivity contribution in [1.82, 2.24) is 0 Å². The zero-order valence-electron chi connectivity index (χ0n) is 23.0. The molecule has 192 valence electrons. The maximum absolute atomic E-state index is 4.34. The van der Waals surface area contributed by atoms with Crippen LogP contribution >= 0.6 is 0 Å². The standard InChI is InChI=1S/C32H64/c1-4-6-8-10-12-14-16-18-20-22-24-26-28-30-32(3)31-29-27-25-23-21-19-17-15-13-11-9-7-5-2/h3-31H2,1-2H3. The average Bonchev–Trinajstić information content (AvgIpc) is 2.80. The van der Waals surface area contributed by atoms with Crippen LogP contribution in [0.25, 0.3) is 0 Å². The molecular weight excluding hydrogens is 384 g/mol. The Morgan fingerprint density at radius 1 is 0.312 bits per heavy atom. The highest BCUT2D eigenvalue weighted by Crippen LogP contribution is 2.18. The van der Waals surface area contributed by atoms with Crippen molar-refractivity contribution in [3.05, 3.63) is 12.2 Å². The number of rotatable bonds is 28. The van der Waals surface area contributed by atoms with Gasteiger partial charge < -0.3 is 0 Å². The Kier molecular flexibility index (Phi) is 28.5. The molecule has 0 N–H and O–H groups in total. The van der Waals surface area contributed by atoms with Crippen molar-refractivity contribution in [1.29, 1.82) is 0 Å². The first kappa shape index (κ1) is 31.7. The zero-order chi connectivity index (χ0) is 23.4. The molecule has 0 spiro atoms. The van der Waals surface area contributed by atoms with Crippen LogP contribution in [0.3, 0.4) is 0 Å². The van der Waals surface area contributed by atoms with E-state index in [4.69, 9.17) is 0 Å². The van der Waals surface area contributed by atoms with E-state index >= 15 is 0 Å². The topological polar surface area (TPSA) is 0 Å². The van der Waals surface area contributed by atoms with Crippen molar-refractivity contribution in [2.75, 3.05) is 0 Å². The van der Waals surface area contributed by atoms with Crippen LogP contribution in [-0.2, 0) is 0 Å². The highest BCUT2D eigenvalue weighted by atomic mass is 14.0. The Morgan fingerprint density at radius 3 is 0.719 bits per heavy atom. The highest BCUT2D eigenvalue weighted by Gasteiger charge is 1.98. The number of unbranched alkanes of at least 4 members (excludes halogenated alkanes) is 24. The van der Waals surface area contributed by atoms with Gasteiger partial charge in [0.05, 0.1) is 0 Å². The van der Waals surface area contributed by atoms with Crippen molar-refractivity contribution >= 4 is 0 Å². The second-order valence-electron chi connectivity index (χ2n) is 10.7. The molecule has 0 heterocycles. The fourth-order valence-corrected chi connectivity index (χ4v) is 4.91. The largest absolute Gasteiger partial charge is 0.0999 e. The molecule has 0 nitrogen and oxygen atoms in total. The molecule has 0 aromatic carbocycles. The van der Waals surface area contributed by atoms with E-state index in [9.17, 15) is 0 Å². The lowest BCUT2D eigenvalue weighted by Gasteiger charge is -2.07. The molecule has 0 aliphatic heterocycles. The molecule has 32 heavy (non-hydrogen) atoms. The Hall–Kier alpha value is -0.260. The molecule has 0 aliphatic carbocycles. The summed E-state index contributed by atoms with van der Waals surface area (Å²) in [5.74, 6) is 0. The van der Waals surface area contributed by atoms with E-state index in [1.165, 1.54) is 185 Å². The van der Waals surface area contributed by atoms with Crippen LogP contribution < -0.4 is 0 Å². The van der Waals surface area contributed by atoms with Crippen molar-refractivity contribution < 1.29 is 0 Å². The molecule has 0 rings (SSSR count). The average molecular weight is 449 g/mol. The zero-order valence-corrected chi connectivity index (χ0v) is 23.0. The van der Waals surface area contributed by atoms with Crippen LogP contribution in [0, 0.1) is 0 Å². The van der Waals surface area contributed by atoms with Gasteiger partial charge in [-0.1, -0.05) is 180 Å². The van der Waals surface area contributed by atoms with Gasteiger partial charge in [-0.2, -0.15) is 0 Å². The van der Waals surface area contributed by atoms with Gasteiger partial charge in [0, 0.05) is 0 Å². The third kappa shape index (κ3) is 27.8. The van der Waals surface area contributed by atoms with Gasteiger partial charge in [0.25, 0.3) is 0 Å². The summed E-state index contributed by atoms with van der Waals surface area (Å²) in [6.07, 6.45) is 40.2. The van der Waals surface area contributed by atoms with Crippen molar-refractivity contribution in [3.63, 3.8) is 0 Å². The van der Waals surface area contributed by atoms with Crippen LogP contribution in [-0.4, -0.2) is 0 Å². The molecule has 0 fully saturated rings. The lowest BCUT2D eigenvalue weighted by molar-refractivity contribution is 0.534. The van der Waals surface area contributed by atoms with Gasteiger partial charge >= 0.3 is 0 Å². The minimum absolute atomic E-state index is 1.29. The molecule has 0 atom stereocenters. The van der Waals surface area contributed by atoms with Crippen molar-refractivity contribution in [3.8, 4) is 0 Å². The second-order valence-corrected chi connectivity index (χ2v) is 10.7. The quantitative estimate of drug-likeness (QED) is 0.0824. The van der Waals surface area contributed by atoms with Gasteiger partial charge in [0.15, 0.2) is 0 Å². The fraction of sp³-hybridized carbons (Fsp3) is 0.938. The van der Waals surface area contributed by atoms with Crippen LogP contribution in [0.5, 0.6) is 0 Å². The predicted molar refractivity (Wildman–Crippen MR) is 150 cm³/mol. The maximum atomic E-state index is 4.34. The smallest absolute Gasteiger partial charge is 0.0323 e. The normalized spacial score (nSPS) is 11.3. The Morgan fingerprint density at radius 2 is 0.500 bits per heavy atom. The first-order valence-corrected chi connectivity index (χ1v) is 15.5. The van der Waals surface area contributed by atoms with E-state index in [1.807, 2.05) is 0 Å². The molecule has 0 saturated heterocycles. The molecule has 0 unspecified atom stereocenters. The van der Waals surface area contributed by atoms with Gasteiger partial charge in [-0.05, 0) is 25.7 Å². The first-order valence-electron chi connectivity index (χ1n) is 15.5. The molecule has 0 aromatic rings. The van der Waals surface area contributed by atoms with Gasteiger partial charge in [-0.3, -0.25) is 0 Å². The van der Waals surface area contributed by atoms with Gasteiger partial charge in [-0.15, -0.1) is 0 Å². The van der Waals surface area contributed by atoms with Crippen LogP contribution in [0.15, 0.2) is 12.2 Å². The second kappa shape index (κ2) is 28.8. The van der Waals surface area contributed by atoms with Crippen LogP contribution in [0.1, 0.15) is 194 Å². The van der Waals surface area contributed by atoms with E-state index in [2.05, 4.69) is 20.4 Å². The number of hydrogen-bond donors (Lipinski definition) is 0. The number of allylic oxidation sites excluding steroid dienone is 1. The lowest BCUT2D eigenvalue weighted by atomic mass is 10.00. The van der Waals surface area contributed by atoms with E-state index in [1.54, 1.807) is 0 Å². The van der Waals surface area contributed by atoms with E-state index in [-0.39, 0.29) is 0 Å². The summed E-state index contributed by atoms with van der Waals surface area (Å²) in [5, 5.41) is 0. The highest BCUT2D eigenvalue weighted by molar-refractivity contribution is 4.93. The molecular formula is C32H64. The Bertz CT molecular complexity index is 310. The Balaban J connectivity index is 3.14. The minimum atomic E-state index is 1.29. The third-order valence-corrected chi connectivity index (χ3v) is 7.27.